The van der Waals surface area contributed by atoms with Gasteiger partial charge >= 0.3 is 18.5 Å². The minimum Gasteiger partial charge on any atom is -0.481 e. The Hall–Kier alpha value is -1.47. The molecule has 1 fully saturated rings. The number of hydrogen-bond acceptors (Lipinski definition) is 2. The lowest BCUT2D eigenvalue weighted by Crippen LogP contribution is -2.30. The van der Waals surface area contributed by atoms with Crippen LogP contribution in [0.25, 0.3) is 0 Å². The van der Waals surface area contributed by atoms with Gasteiger partial charge in [0.1, 0.15) is 10.2 Å². The van der Waals surface area contributed by atoms with E-state index in [0.29, 0.717) is 0 Å². The van der Waals surface area contributed by atoms with Gasteiger partial charge in [0.25, 0.3) is 0 Å². The summed E-state index contributed by atoms with van der Waals surface area (Å²) in [7, 11) is 0. The largest absolute Gasteiger partial charge is 0.481 e. The van der Waals surface area contributed by atoms with Gasteiger partial charge in [0.15, 0.2) is 0 Å². The summed E-state index contributed by atoms with van der Waals surface area (Å²) in [6, 6.07) is 5.45. The molecule has 0 radical (unpaired) electrons. The molecule has 3 atom stereocenters. The van der Waals surface area contributed by atoms with Crippen molar-refractivity contribution >= 4 is 29.2 Å². The Morgan fingerprint density at radius 1 is 1.35 bits per heavy atom. The first kappa shape index (κ1) is 20.8. The maximum absolute atomic E-state index is 13.3. The van der Waals surface area contributed by atoms with Crippen LogP contribution in [0.4, 0.5) is 17.6 Å². The number of rotatable bonds is 6. The van der Waals surface area contributed by atoms with Gasteiger partial charge in [-0.2, -0.15) is 17.6 Å². The number of benzene rings is 1. The van der Waals surface area contributed by atoms with E-state index in [1.165, 1.54) is 24.3 Å². The van der Waals surface area contributed by atoms with Crippen molar-refractivity contribution in [1.82, 2.24) is 0 Å². The Bertz CT molecular complexity index is 729. The fourth-order valence-corrected chi connectivity index (χ4v) is 3.69. The van der Waals surface area contributed by atoms with Gasteiger partial charge in [-0.25, -0.2) is 0 Å². The van der Waals surface area contributed by atoms with Gasteiger partial charge in [0.05, 0.1) is 5.41 Å². The van der Waals surface area contributed by atoms with Crippen molar-refractivity contribution < 1.29 is 32.2 Å². The molecular weight excluding hydrogens is 399 g/mol. The third-order valence-electron chi connectivity index (χ3n) is 4.98. The molecule has 1 aliphatic rings. The van der Waals surface area contributed by atoms with Crippen molar-refractivity contribution in [2.24, 2.45) is 16.7 Å². The second kappa shape index (κ2) is 6.93. The molecule has 9 heteroatoms. The van der Waals surface area contributed by atoms with Gasteiger partial charge in [-0.3, -0.25) is 4.79 Å². The number of carbonyl (C=O) groups is 1. The number of allylic oxidation sites excluding steroid dienone is 1. The van der Waals surface area contributed by atoms with E-state index in [0.717, 1.165) is 6.07 Å². The molecule has 0 heterocycles. The first-order chi connectivity index (χ1) is 11.8. The third-order valence-corrected chi connectivity index (χ3v) is 5.23. The highest BCUT2D eigenvalue weighted by Crippen LogP contribution is 2.71. The summed E-state index contributed by atoms with van der Waals surface area (Å²) in [6.45, 7) is 3.38. The second-order valence-electron chi connectivity index (χ2n) is 6.69. The van der Waals surface area contributed by atoms with Gasteiger partial charge in [-0.15, -0.1) is 0 Å². The number of para-hydroxylation sites is 1. The summed E-state index contributed by atoms with van der Waals surface area (Å²) >= 11 is 11.3. The van der Waals surface area contributed by atoms with Crippen LogP contribution in [0, 0.1) is 16.7 Å². The zero-order chi connectivity index (χ0) is 19.9. The highest BCUT2D eigenvalue weighted by molar-refractivity contribution is 6.55. The number of halogens is 6. The monoisotopic (exact) mass is 414 g/mol. The number of hydrogen-bond donors (Lipinski definition) is 1. The van der Waals surface area contributed by atoms with Crippen molar-refractivity contribution in [2.75, 3.05) is 0 Å². The summed E-state index contributed by atoms with van der Waals surface area (Å²) in [5.41, 5.74) is -1.97. The van der Waals surface area contributed by atoms with Crippen LogP contribution in [0.15, 0.2) is 34.8 Å². The van der Waals surface area contributed by atoms with E-state index in [4.69, 9.17) is 23.2 Å². The lowest BCUT2D eigenvalue weighted by Gasteiger charge is -2.20. The van der Waals surface area contributed by atoms with Crippen LogP contribution < -0.4 is 4.74 Å². The zero-order valence-electron chi connectivity index (χ0n) is 13.8. The predicted molar refractivity (Wildman–Crippen MR) is 88.9 cm³/mol. The first-order valence-corrected chi connectivity index (χ1v) is 8.31. The minimum absolute atomic E-state index is 0.100. The molecule has 0 aromatic heterocycles. The van der Waals surface area contributed by atoms with Crippen LogP contribution >= 0.6 is 23.2 Å². The summed E-state index contributed by atoms with van der Waals surface area (Å²) in [4.78, 5) is 12.0. The lowest BCUT2D eigenvalue weighted by atomic mass is 9.88. The molecular formula is C17H16Cl2F4O3. The molecule has 1 aromatic rings. The van der Waals surface area contributed by atoms with Crippen LogP contribution in [0.1, 0.15) is 19.4 Å². The normalized spacial score (nSPS) is 25.3. The van der Waals surface area contributed by atoms with E-state index in [9.17, 15) is 27.5 Å². The molecule has 1 aliphatic carbocycles. The van der Waals surface area contributed by atoms with Crippen molar-refractivity contribution in [2.45, 2.75) is 32.8 Å². The maximum Gasteiger partial charge on any atom is 0.457 e. The molecule has 0 aliphatic heterocycles. The molecule has 144 valence electrons. The predicted octanol–water partition coefficient (Wildman–Crippen LogP) is 5.51. The molecule has 26 heavy (non-hydrogen) atoms. The fourth-order valence-electron chi connectivity index (χ4n) is 3.44. The standard InChI is InChI=1S/C17H16Cl2F4O3/c1-15(2)11(7-12(18)19)16(15,14(24)25)8-9-5-3-4-6-10(9)26-13(20)17(21,22)23/h3-7,11,13H,8H2,1-2H3,(H,24,25). The lowest BCUT2D eigenvalue weighted by molar-refractivity contribution is -0.236. The third kappa shape index (κ3) is 3.64. The smallest absolute Gasteiger partial charge is 0.457 e. The van der Waals surface area contributed by atoms with E-state index in [-0.39, 0.29) is 22.2 Å². The van der Waals surface area contributed by atoms with Crippen molar-refractivity contribution in [3.05, 3.63) is 40.4 Å². The Morgan fingerprint density at radius 2 is 1.92 bits per heavy atom. The fraction of sp³-hybridized carbons (Fsp3) is 0.471. The zero-order valence-corrected chi connectivity index (χ0v) is 15.3. The number of alkyl halides is 4. The highest BCUT2D eigenvalue weighted by atomic mass is 35.5. The quantitative estimate of drug-likeness (QED) is 0.624. The second-order valence-corrected chi connectivity index (χ2v) is 7.70. The molecule has 1 aromatic carbocycles. The maximum atomic E-state index is 13.3. The van der Waals surface area contributed by atoms with Crippen LogP contribution in [0.2, 0.25) is 0 Å². The molecule has 3 nitrogen and oxygen atoms in total. The molecule has 1 N–H and O–H groups in total. The molecule has 0 saturated heterocycles. The van der Waals surface area contributed by atoms with Gasteiger partial charge in [0, 0.05) is 5.92 Å². The Balaban J connectivity index is 2.38. The van der Waals surface area contributed by atoms with Crippen molar-refractivity contribution in [1.29, 1.82) is 0 Å². The Kier molecular flexibility index (Phi) is 5.55. The molecule has 3 unspecified atom stereocenters. The number of carboxylic acid groups (broad SMARTS) is 1. The average Bonchev–Trinajstić information content (AvgIpc) is 2.95. The summed E-state index contributed by atoms with van der Waals surface area (Å²) in [5, 5.41) is 9.78. The van der Waals surface area contributed by atoms with E-state index >= 15 is 0 Å². The molecule has 1 saturated carbocycles. The summed E-state index contributed by atoms with van der Waals surface area (Å²) < 4.78 is 54.9. The van der Waals surface area contributed by atoms with Crippen LogP contribution in [0.5, 0.6) is 5.75 Å². The van der Waals surface area contributed by atoms with Gasteiger partial charge in [-0.1, -0.05) is 55.2 Å². The Morgan fingerprint density at radius 3 is 2.42 bits per heavy atom. The summed E-state index contributed by atoms with van der Waals surface area (Å²) in [6.07, 6.45) is -7.47. The molecule has 0 spiro atoms. The van der Waals surface area contributed by atoms with Crippen molar-refractivity contribution in [3.63, 3.8) is 0 Å². The van der Waals surface area contributed by atoms with Crippen LogP contribution in [-0.4, -0.2) is 23.6 Å². The van der Waals surface area contributed by atoms with E-state index in [2.05, 4.69) is 4.74 Å². The first-order valence-electron chi connectivity index (χ1n) is 7.55. The van der Waals surface area contributed by atoms with E-state index in [1.807, 2.05) is 0 Å². The number of carboxylic acids is 1. The molecule has 0 amide bonds. The van der Waals surface area contributed by atoms with Crippen LogP contribution in [-0.2, 0) is 11.2 Å². The molecule has 2 rings (SSSR count). The van der Waals surface area contributed by atoms with E-state index < -0.39 is 35.3 Å². The topological polar surface area (TPSA) is 46.5 Å². The van der Waals surface area contributed by atoms with Gasteiger partial charge < -0.3 is 9.84 Å². The minimum atomic E-state index is -5.19. The van der Waals surface area contributed by atoms with E-state index in [1.54, 1.807) is 13.8 Å². The Labute approximate surface area is 157 Å². The highest BCUT2D eigenvalue weighted by Gasteiger charge is 2.74. The average molecular weight is 415 g/mol. The van der Waals surface area contributed by atoms with Gasteiger partial charge in [0.2, 0.25) is 0 Å². The number of ether oxygens (including phenoxy) is 1. The number of aliphatic carboxylic acids is 1. The van der Waals surface area contributed by atoms with Crippen molar-refractivity contribution in [3.8, 4) is 5.75 Å². The molecule has 0 bridgehead atoms. The van der Waals surface area contributed by atoms with Gasteiger partial charge in [-0.05, 0) is 29.5 Å². The summed E-state index contributed by atoms with van der Waals surface area (Å²) in [5.74, 6) is -2.06. The van der Waals surface area contributed by atoms with Crippen LogP contribution in [0.3, 0.4) is 0 Å². The SMILES string of the molecule is CC1(C)C(C=C(Cl)Cl)C1(Cc1ccccc1OC(F)C(F)(F)F)C(=O)O.